The summed E-state index contributed by atoms with van der Waals surface area (Å²) in [5.74, 6) is -3.47. The van der Waals surface area contributed by atoms with E-state index >= 15 is 0 Å². The number of hydrogen-bond acceptors (Lipinski definition) is 4. The second kappa shape index (κ2) is 7.23. The average Bonchev–Trinajstić information content (AvgIpc) is 2.45. The maximum Gasteiger partial charge on any atom is 0.410 e. The van der Waals surface area contributed by atoms with Crippen LogP contribution in [0.5, 0.6) is 0 Å². The van der Waals surface area contributed by atoms with Gasteiger partial charge in [-0.05, 0) is 26.3 Å². The van der Waals surface area contributed by atoms with Gasteiger partial charge in [0.2, 0.25) is 0 Å². The van der Waals surface area contributed by atoms with Crippen LogP contribution < -0.4 is 0 Å². The van der Waals surface area contributed by atoms with E-state index < -0.39 is 35.9 Å². The number of benzene rings is 1. The number of rotatable bonds is 5. The molecule has 0 fully saturated rings. The molecule has 0 radical (unpaired) electrons. The molecular weight excluding hydrogens is 308 g/mol. The lowest BCUT2D eigenvalue weighted by atomic mass is 9.97. The highest BCUT2D eigenvalue weighted by atomic mass is 19.3. The van der Waals surface area contributed by atoms with Gasteiger partial charge in [0.05, 0.1) is 12.6 Å². The van der Waals surface area contributed by atoms with Crippen molar-refractivity contribution in [3.05, 3.63) is 35.4 Å². The van der Waals surface area contributed by atoms with Crippen LogP contribution in [-0.2, 0) is 10.7 Å². The monoisotopic (exact) mass is 331 g/mol. The Morgan fingerprint density at radius 1 is 1.30 bits per heavy atom. The van der Waals surface area contributed by atoms with Gasteiger partial charge in [0.1, 0.15) is 12.2 Å². The first-order valence-electron chi connectivity index (χ1n) is 7.18. The predicted octanol–water partition coefficient (Wildman–Crippen LogP) is 2.67. The molecule has 1 rings (SSSR count). The average molecular weight is 331 g/mol. The van der Waals surface area contributed by atoms with Gasteiger partial charge in [0.25, 0.3) is 5.92 Å². The van der Waals surface area contributed by atoms with Gasteiger partial charge in [-0.15, -0.1) is 0 Å². The number of halogens is 2. The Hall–Kier alpha value is -1.73. The molecule has 7 heteroatoms. The van der Waals surface area contributed by atoms with Crippen LogP contribution in [0.4, 0.5) is 13.6 Å². The van der Waals surface area contributed by atoms with E-state index in [0.29, 0.717) is 0 Å². The predicted molar refractivity (Wildman–Crippen MR) is 81.2 cm³/mol. The minimum Gasteiger partial charge on any atom is -0.444 e. The summed E-state index contributed by atoms with van der Waals surface area (Å²) >= 11 is 0. The lowest BCUT2D eigenvalue weighted by Gasteiger charge is -2.27. The molecule has 1 aromatic carbocycles. The number of nitrogens with zero attached hydrogens (tertiary/aromatic N) is 1. The van der Waals surface area contributed by atoms with Gasteiger partial charge in [0, 0.05) is 12.6 Å². The molecule has 0 spiro atoms. The zero-order valence-electron chi connectivity index (χ0n) is 13.7. The second-order valence-corrected chi connectivity index (χ2v) is 6.33. The Bertz CT molecular complexity index is 543. The van der Waals surface area contributed by atoms with Gasteiger partial charge >= 0.3 is 6.09 Å². The molecule has 2 N–H and O–H groups in total. The summed E-state index contributed by atoms with van der Waals surface area (Å²) < 4.78 is 32.7. The van der Waals surface area contributed by atoms with Crippen molar-refractivity contribution in [3.63, 3.8) is 0 Å². The van der Waals surface area contributed by atoms with Crippen molar-refractivity contribution in [1.29, 1.82) is 0 Å². The number of aliphatic hydroxyl groups is 2. The summed E-state index contributed by atoms with van der Waals surface area (Å²) in [7, 11) is 1.41. The topological polar surface area (TPSA) is 70.0 Å². The number of carbonyl (C=O) groups excluding carboxylic acids is 1. The van der Waals surface area contributed by atoms with E-state index in [0.717, 1.165) is 11.0 Å². The van der Waals surface area contributed by atoms with Crippen LogP contribution in [0.25, 0.3) is 0 Å². The smallest absolute Gasteiger partial charge is 0.410 e. The second-order valence-electron chi connectivity index (χ2n) is 6.33. The summed E-state index contributed by atoms with van der Waals surface area (Å²) in [4.78, 5) is 13.0. The molecule has 1 unspecified atom stereocenters. The van der Waals surface area contributed by atoms with Gasteiger partial charge in [0.15, 0.2) is 0 Å². The Balaban J connectivity index is 2.91. The maximum absolute atomic E-state index is 13.8. The van der Waals surface area contributed by atoms with Crippen molar-refractivity contribution in [2.75, 3.05) is 20.2 Å². The third-order valence-electron chi connectivity index (χ3n) is 3.06. The molecule has 23 heavy (non-hydrogen) atoms. The zero-order chi connectivity index (χ0) is 17.8. The molecule has 0 aliphatic carbocycles. The van der Waals surface area contributed by atoms with Crippen molar-refractivity contribution in [2.45, 2.75) is 38.4 Å². The van der Waals surface area contributed by atoms with Crippen molar-refractivity contribution in [1.82, 2.24) is 4.90 Å². The van der Waals surface area contributed by atoms with Crippen LogP contribution in [0.2, 0.25) is 0 Å². The number of alkyl halides is 2. The SMILES string of the molecule is CN(CC(O)c1ccccc1C(F)(F)CO)C(=O)OC(C)(C)C. The summed E-state index contributed by atoms with van der Waals surface area (Å²) in [5, 5.41) is 19.0. The van der Waals surface area contributed by atoms with Crippen LogP contribution in [0.3, 0.4) is 0 Å². The third kappa shape index (κ3) is 5.44. The quantitative estimate of drug-likeness (QED) is 0.870. The molecule has 0 aromatic heterocycles. The van der Waals surface area contributed by atoms with E-state index in [9.17, 15) is 18.7 Å². The minimum absolute atomic E-state index is 0.0399. The molecule has 1 amide bonds. The minimum atomic E-state index is -3.47. The molecule has 130 valence electrons. The third-order valence-corrected chi connectivity index (χ3v) is 3.06. The number of likely N-dealkylation sites (N-methyl/N-ethyl adjacent to an activating group) is 1. The first-order valence-corrected chi connectivity index (χ1v) is 7.18. The van der Waals surface area contributed by atoms with Crippen molar-refractivity contribution in [3.8, 4) is 0 Å². The molecule has 0 aliphatic rings. The van der Waals surface area contributed by atoms with Crippen LogP contribution in [0.15, 0.2) is 24.3 Å². The van der Waals surface area contributed by atoms with E-state index in [1.165, 1.54) is 25.2 Å². The fourth-order valence-corrected chi connectivity index (χ4v) is 1.98. The number of carbonyl (C=O) groups is 1. The lowest BCUT2D eigenvalue weighted by molar-refractivity contribution is -0.0579. The van der Waals surface area contributed by atoms with Crippen molar-refractivity contribution in [2.24, 2.45) is 0 Å². The normalized spacial score (nSPS) is 13.6. The van der Waals surface area contributed by atoms with Gasteiger partial charge in [-0.25, -0.2) is 4.79 Å². The Morgan fingerprint density at radius 3 is 2.39 bits per heavy atom. The molecule has 5 nitrogen and oxygen atoms in total. The van der Waals surface area contributed by atoms with E-state index in [2.05, 4.69) is 0 Å². The van der Waals surface area contributed by atoms with Gasteiger partial charge in [-0.1, -0.05) is 24.3 Å². The highest BCUT2D eigenvalue weighted by Gasteiger charge is 2.34. The summed E-state index contributed by atoms with van der Waals surface area (Å²) in [6.07, 6.45) is -2.00. The van der Waals surface area contributed by atoms with Crippen molar-refractivity contribution < 1.29 is 28.5 Å². The lowest BCUT2D eigenvalue weighted by Crippen LogP contribution is -2.37. The highest BCUT2D eigenvalue weighted by molar-refractivity contribution is 5.67. The Labute approximate surface area is 134 Å². The fourth-order valence-electron chi connectivity index (χ4n) is 1.98. The van der Waals surface area contributed by atoms with Crippen LogP contribution >= 0.6 is 0 Å². The number of amides is 1. The summed E-state index contributed by atoms with van der Waals surface area (Å²) in [6, 6.07) is 5.38. The largest absolute Gasteiger partial charge is 0.444 e. The number of hydrogen-bond donors (Lipinski definition) is 2. The molecule has 1 atom stereocenters. The number of ether oxygens (including phenoxy) is 1. The molecule has 0 saturated heterocycles. The molecule has 0 heterocycles. The van der Waals surface area contributed by atoms with Gasteiger partial charge < -0.3 is 19.8 Å². The van der Waals surface area contributed by atoms with E-state index in [1.807, 2.05) is 0 Å². The van der Waals surface area contributed by atoms with Crippen LogP contribution in [-0.4, -0.2) is 47.0 Å². The molecule has 0 saturated carbocycles. The highest BCUT2D eigenvalue weighted by Crippen LogP contribution is 2.33. The number of aliphatic hydroxyl groups excluding tert-OH is 2. The fraction of sp³-hybridized carbons (Fsp3) is 0.562. The first kappa shape index (κ1) is 19.3. The van der Waals surface area contributed by atoms with Crippen LogP contribution in [0.1, 0.15) is 38.0 Å². The summed E-state index contributed by atoms with van der Waals surface area (Å²) in [6.45, 7) is 3.52. The van der Waals surface area contributed by atoms with Gasteiger partial charge in [-0.2, -0.15) is 8.78 Å². The first-order chi connectivity index (χ1) is 10.5. The molecule has 0 bridgehead atoms. The van der Waals surface area contributed by atoms with Gasteiger partial charge in [-0.3, -0.25) is 0 Å². The maximum atomic E-state index is 13.8. The van der Waals surface area contributed by atoms with Crippen molar-refractivity contribution >= 4 is 6.09 Å². The van der Waals surface area contributed by atoms with E-state index in [4.69, 9.17) is 9.84 Å². The van der Waals surface area contributed by atoms with E-state index in [1.54, 1.807) is 20.8 Å². The Morgan fingerprint density at radius 2 is 1.87 bits per heavy atom. The van der Waals surface area contributed by atoms with Crippen LogP contribution in [0, 0.1) is 0 Å². The Kier molecular flexibility index (Phi) is 6.07. The van der Waals surface area contributed by atoms with E-state index in [-0.39, 0.29) is 12.1 Å². The standard InChI is InChI=1S/C16H23F2NO4/c1-15(2,3)23-14(22)19(4)9-13(21)11-7-5-6-8-12(11)16(17,18)10-20/h5-8,13,20-21H,9-10H2,1-4H3. The molecular formula is C16H23F2NO4. The molecule has 0 aliphatic heterocycles. The molecule has 1 aromatic rings. The zero-order valence-corrected chi connectivity index (χ0v) is 13.7. The summed E-state index contributed by atoms with van der Waals surface area (Å²) in [5.41, 5.74) is -1.20.